The van der Waals surface area contributed by atoms with Crippen LogP contribution in [-0.4, -0.2) is 42.6 Å². The van der Waals surface area contributed by atoms with Crippen LogP contribution in [0.5, 0.6) is 0 Å². The summed E-state index contributed by atoms with van der Waals surface area (Å²) in [7, 11) is 1.70. The Morgan fingerprint density at radius 1 is 1.44 bits per heavy atom. The van der Waals surface area contributed by atoms with E-state index in [1.54, 1.807) is 24.1 Å². The highest BCUT2D eigenvalue weighted by Gasteiger charge is 2.23. The number of nitrogens with zero attached hydrogens (tertiary/aromatic N) is 1. The maximum atomic E-state index is 12.1. The maximum Gasteiger partial charge on any atom is 0.270 e. The highest BCUT2D eigenvalue weighted by Crippen LogP contribution is 2.18. The van der Waals surface area contributed by atoms with Crippen LogP contribution < -0.4 is 5.56 Å². The molecule has 0 atom stereocenters. The molecule has 18 heavy (non-hydrogen) atoms. The Morgan fingerprint density at radius 2 is 2.17 bits per heavy atom. The lowest BCUT2D eigenvalue weighted by atomic mass is 9.97. The molecule has 0 bridgehead atoms. The summed E-state index contributed by atoms with van der Waals surface area (Å²) in [6.07, 6.45) is 1.91. The van der Waals surface area contributed by atoms with Gasteiger partial charge in [-0.05, 0) is 24.8 Å². The van der Waals surface area contributed by atoms with Crippen LogP contribution in [0.15, 0.2) is 23.0 Å². The molecule has 1 aliphatic heterocycles. The molecule has 0 aromatic carbocycles. The van der Waals surface area contributed by atoms with E-state index in [4.69, 9.17) is 4.74 Å². The number of piperidine rings is 1. The van der Waals surface area contributed by atoms with Crippen LogP contribution in [0.25, 0.3) is 0 Å². The number of methoxy groups -OCH3 is 1. The van der Waals surface area contributed by atoms with Gasteiger partial charge in [-0.1, -0.05) is 6.07 Å². The minimum absolute atomic E-state index is 0.0939. The van der Waals surface area contributed by atoms with E-state index in [0.29, 0.717) is 11.6 Å². The number of aromatic nitrogens is 1. The Kier molecular flexibility index (Phi) is 4.15. The first-order valence-corrected chi connectivity index (χ1v) is 6.18. The van der Waals surface area contributed by atoms with Crippen LogP contribution in [0.3, 0.4) is 0 Å². The molecule has 1 aliphatic rings. The zero-order valence-corrected chi connectivity index (χ0v) is 10.5. The van der Waals surface area contributed by atoms with Crippen LogP contribution in [0, 0.1) is 5.92 Å². The molecule has 1 N–H and O–H groups in total. The Morgan fingerprint density at radius 3 is 2.78 bits per heavy atom. The zero-order valence-electron chi connectivity index (χ0n) is 10.5. The Hall–Kier alpha value is -1.62. The number of rotatable bonds is 3. The Labute approximate surface area is 106 Å². The number of pyridine rings is 1. The number of hydrogen-bond acceptors (Lipinski definition) is 3. The van der Waals surface area contributed by atoms with Gasteiger partial charge < -0.3 is 14.6 Å². The predicted molar refractivity (Wildman–Crippen MR) is 67.6 cm³/mol. The molecule has 5 nitrogen and oxygen atoms in total. The largest absolute Gasteiger partial charge is 0.384 e. The number of carbonyl (C=O) groups is 1. The van der Waals surface area contributed by atoms with E-state index >= 15 is 0 Å². The van der Waals surface area contributed by atoms with Crippen LogP contribution >= 0.6 is 0 Å². The topological polar surface area (TPSA) is 62.4 Å². The molecule has 98 valence electrons. The van der Waals surface area contributed by atoms with Gasteiger partial charge in [0.2, 0.25) is 5.56 Å². The maximum absolute atomic E-state index is 12.1. The highest BCUT2D eigenvalue weighted by molar-refractivity contribution is 5.92. The normalized spacial score (nSPS) is 16.8. The van der Waals surface area contributed by atoms with Crippen molar-refractivity contribution in [1.29, 1.82) is 0 Å². The number of nitrogens with one attached hydrogen (secondary N) is 1. The second kappa shape index (κ2) is 5.82. The molecule has 1 aromatic heterocycles. The third kappa shape index (κ3) is 2.98. The lowest BCUT2D eigenvalue weighted by Crippen LogP contribution is -2.40. The van der Waals surface area contributed by atoms with E-state index in [1.165, 1.54) is 6.07 Å². The molecule has 0 unspecified atom stereocenters. The number of amides is 1. The highest BCUT2D eigenvalue weighted by atomic mass is 16.5. The minimum Gasteiger partial charge on any atom is -0.384 e. The molecule has 2 heterocycles. The van der Waals surface area contributed by atoms with E-state index in [-0.39, 0.29) is 11.5 Å². The number of likely N-dealkylation sites (tertiary alicyclic amines) is 1. The molecule has 0 spiro atoms. The fourth-order valence-corrected chi connectivity index (χ4v) is 2.28. The van der Waals surface area contributed by atoms with Crippen LogP contribution in [-0.2, 0) is 4.74 Å². The summed E-state index contributed by atoms with van der Waals surface area (Å²) < 4.78 is 5.13. The average Bonchev–Trinajstić information content (AvgIpc) is 2.39. The number of aromatic amines is 1. The van der Waals surface area contributed by atoms with Crippen molar-refractivity contribution in [2.75, 3.05) is 26.8 Å². The van der Waals surface area contributed by atoms with Crippen molar-refractivity contribution < 1.29 is 9.53 Å². The van der Waals surface area contributed by atoms with Gasteiger partial charge in [-0.3, -0.25) is 9.59 Å². The lowest BCUT2D eigenvalue weighted by Gasteiger charge is -2.31. The third-order valence-electron chi connectivity index (χ3n) is 3.30. The number of hydrogen-bond donors (Lipinski definition) is 1. The van der Waals surface area contributed by atoms with Gasteiger partial charge in [-0.2, -0.15) is 0 Å². The standard InChI is InChI=1S/C13H18N2O3/c1-18-9-10-5-7-15(8-6-10)13(17)11-3-2-4-12(16)14-11/h2-4,10H,5-9H2,1H3,(H,14,16). The first kappa shape index (κ1) is 12.8. The molecule has 1 fully saturated rings. The van der Waals surface area contributed by atoms with Gasteiger partial charge >= 0.3 is 0 Å². The SMILES string of the molecule is COCC1CCN(C(=O)c2cccc(=O)[nH]2)CC1. The van der Waals surface area contributed by atoms with Gasteiger partial charge in [0.15, 0.2) is 0 Å². The number of ether oxygens (including phenoxy) is 1. The Bertz CT molecular complexity index is 461. The monoisotopic (exact) mass is 250 g/mol. The second-order valence-corrected chi connectivity index (χ2v) is 4.62. The lowest BCUT2D eigenvalue weighted by molar-refractivity contribution is 0.0608. The third-order valence-corrected chi connectivity index (χ3v) is 3.30. The average molecular weight is 250 g/mol. The molecule has 2 rings (SSSR count). The number of H-pyrrole nitrogens is 1. The zero-order chi connectivity index (χ0) is 13.0. The molecular weight excluding hydrogens is 232 g/mol. The molecule has 0 radical (unpaired) electrons. The molecule has 0 saturated carbocycles. The van der Waals surface area contributed by atoms with Gasteiger partial charge in [-0.25, -0.2) is 0 Å². The summed E-state index contributed by atoms with van der Waals surface area (Å²) in [6.45, 7) is 2.21. The van der Waals surface area contributed by atoms with Crippen molar-refractivity contribution in [3.63, 3.8) is 0 Å². The van der Waals surface area contributed by atoms with Crippen molar-refractivity contribution in [3.05, 3.63) is 34.2 Å². The van der Waals surface area contributed by atoms with Crippen molar-refractivity contribution in [3.8, 4) is 0 Å². The second-order valence-electron chi connectivity index (χ2n) is 4.62. The minimum atomic E-state index is -0.241. The molecule has 1 amide bonds. The molecule has 1 aromatic rings. The summed E-state index contributed by atoms with van der Waals surface area (Å²) in [4.78, 5) is 27.7. The quantitative estimate of drug-likeness (QED) is 0.866. The Balaban J connectivity index is 1.97. The predicted octanol–water partition coefficient (Wildman–Crippen LogP) is 0.874. The van der Waals surface area contributed by atoms with E-state index in [9.17, 15) is 9.59 Å². The van der Waals surface area contributed by atoms with Gasteiger partial charge in [0.1, 0.15) is 5.69 Å². The van der Waals surface area contributed by atoms with Crippen molar-refractivity contribution in [2.24, 2.45) is 5.92 Å². The smallest absolute Gasteiger partial charge is 0.270 e. The van der Waals surface area contributed by atoms with E-state index in [2.05, 4.69) is 4.98 Å². The van der Waals surface area contributed by atoms with E-state index < -0.39 is 0 Å². The fraction of sp³-hybridized carbons (Fsp3) is 0.538. The van der Waals surface area contributed by atoms with E-state index in [1.807, 2.05) is 0 Å². The first-order chi connectivity index (χ1) is 8.70. The van der Waals surface area contributed by atoms with Gasteiger partial charge in [0.05, 0.1) is 0 Å². The van der Waals surface area contributed by atoms with Crippen LogP contribution in [0.2, 0.25) is 0 Å². The van der Waals surface area contributed by atoms with Crippen molar-refractivity contribution in [1.82, 2.24) is 9.88 Å². The molecule has 5 heteroatoms. The number of carbonyl (C=O) groups excluding carboxylic acids is 1. The summed E-state index contributed by atoms with van der Waals surface area (Å²) in [5, 5.41) is 0. The molecule has 0 aliphatic carbocycles. The summed E-state index contributed by atoms with van der Waals surface area (Å²) >= 11 is 0. The van der Waals surface area contributed by atoms with Crippen molar-refractivity contribution >= 4 is 5.91 Å². The summed E-state index contributed by atoms with van der Waals surface area (Å²) in [5.41, 5.74) is 0.128. The van der Waals surface area contributed by atoms with Gasteiger partial charge in [-0.15, -0.1) is 0 Å². The summed E-state index contributed by atoms with van der Waals surface area (Å²) in [5.74, 6) is 0.442. The van der Waals surface area contributed by atoms with E-state index in [0.717, 1.165) is 32.5 Å². The molecular formula is C13H18N2O3. The van der Waals surface area contributed by atoms with Gasteiger partial charge in [0, 0.05) is 32.9 Å². The molecule has 1 saturated heterocycles. The fourth-order valence-electron chi connectivity index (χ4n) is 2.28. The van der Waals surface area contributed by atoms with Crippen molar-refractivity contribution in [2.45, 2.75) is 12.8 Å². The van der Waals surface area contributed by atoms with Gasteiger partial charge in [0.25, 0.3) is 5.91 Å². The van der Waals surface area contributed by atoms with Crippen LogP contribution in [0.4, 0.5) is 0 Å². The summed E-state index contributed by atoms with van der Waals surface area (Å²) in [6, 6.07) is 4.65. The first-order valence-electron chi connectivity index (χ1n) is 6.18. The van der Waals surface area contributed by atoms with Crippen LogP contribution in [0.1, 0.15) is 23.3 Å².